The highest BCUT2D eigenvalue weighted by Crippen LogP contribution is 2.00. The molecule has 0 atom stereocenters. The molecule has 28 heavy (non-hydrogen) atoms. The maximum Gasteiger partial charge on any atom is 0.346 e. The Labute approximate surface area is 160 Å². The van der Waals surface area contributed by atoms with Crippen LogP contribution in [0.1, 0.15) is 25.7 Å². The molecule has 3 rings (SSSR count). The Balaban J connectivity index is 0.000000403. The van der Waals surface area contributed by atoms with Gasteiger partial charge < -0.3 is 29.6 Å². The summed E-state index contributed by atoms with van der Waals surface area (Å²) in [7, 11) is 0. The quantitative estimate of drug-likeness (QED) is 0.429. The van der Waals surface area contributed by atoms with Gasteiger partial charge in [0, 0.05) is 12.8 Å². The molecule has 10 nitrogen and oxygen atoms in total. The normalized spacial score (nSPS) is 9.79. The molecule has 156 valence electrons. The number of fused-ring (bicyclic) bond motifs is 4. The number of aliphatic carboxylic acids is 2. The lowest BCUT2D eigenvalue weighted by Gasteiger charge is -1.94. The van der Waals surface area contributed by atoms with Crippen molar-refractivity contribution in [2.24, 2.45) is 0 Å². The fourth-order valence-electron chi connectivity index (χ4n) is 1.73. The summed E-state index contributed by atoms with van der Waals surface area (Å²) in [5.41, 5.74) is -1.15. The average Bonchev–Trinajstić information content (AvgIpc) is 2.87. The highest BCUT2D eigenvalue weighted by Gasteiger charge is 1.99. The zero-order valence-electron chi connectivity index (χ0n) is 15.2. The second kappa shape index (κ2) is 15.3. The first-order valence-corrected chi connectivity index (χ1v) is 8.41. The van der Waals surface area contributed by atoms with Crippen LogP contribution in [-0.4, -0.2) is 58.8 Å². The van der Waals surface area contributed by atoms with Crippen molar-refractivity contribution in [1.82, 2.24) is 0 Å². The monoisotopic (exact) mass is 400 g/mol. The van der Waals surface area contributed by atoms with Crippen molar-refractivity contribution in [2.45, 2.75) is 25.7 Å². The summed E-state index contributed by atoms with van der Waals surface area (Å²) >= 11 is 0. The van der Waals surface area contributed by atoms with E-state index in [0.29, 0.717) is 36.8 Å². The molecule has 2 bridgehead atoms. The predicted molar refractivity (Wildman–Crippen MR) is 98.7 cm³/mol. The third kappa shape index (κ3) is 12.5. The van der Waals surface area contributed by atoms with E-state index < -0.39 is 23.2 Å². The molecule has 0 saturated carbocycles. The lowest BCUT2D eigenvalue weighted by molar-refractivity contribution is -0.139. The second-order valence-electron chi connectivity index (χ2n) is 5.31. The Morgan fingerprint density at radius 1 is 0.786 bits per heavy atom. The van der Waals surface area contributed by atoms with Gasteiger partial charge in [-0.15, -0.1) is 0 Å². The fraction of sp³-hybridized carbons (Fsp3) is 0.444. The van der Waals surface area contributed by atoms with Crippen LogP contribution in [-0.2, 0) is 14.3 Å². The molecule has 0 unspecified atom stereocenters. The molecular weight excluding hydrogens is 376 g/mol. The summed E-state index contributed by atoms with van der Waals surface area (Å²) in [5, 5.41) is 33.3. The van der Waals surface area contributed by atoms with Gasteiger partial charge in [-0.25, -0.2) is 9.59 Å². The van der Waals surface area contributed by atoms with Gasteiger partial charge in [-0.05, 0) is 37.1 Å². The van der Waals surface area contributed by atoms with E-state index >= 15 is 0 Å². The topological polar surface area (TPSA) is 172 Å². The minimum atomic E-state index is -0.870. The molecule has 0 aliphatic carbocycles. The zero-order chi connectivity index (χ0) is 21.4. The van der Waals surface area contributed by atoms with Gasteiger partial charge in [0.1, 0.15) is 0 Å². The number of benzene rings is 1. The number of hydrogen-bond donors (Lipinski definition) is 4. The van der Waals surface area contributed by atoms with Crippen molar-refractivity contribution in [3.8, 4) is 0 Å². The van der Waals surface area contributed by atoms with Crippen LogP contribution in [0.3, 0.4) is 0 Å². The smallest absolute Gasteiger partial charge is 0.346 e. The van der Waals surface area contributed by atoms with Gasteiger partial charge in [-0.1, -0.05) is 0 Å². The van der Waals surface area contributed by atoms with Gasteiger partial charge in [0.25, 0.3) is 0 Å². The molecule has 0 spiro atoms. The van der Waals surface area contributed by atoms with E-state index in [0.717, 1.165) is 0 Å². The van der Waals surface area contributed by atoms with Crippen molar-refractivity contribution in [3.63, 3.8) is 0 Å². The number of carbonyl (C=O) groups is 2. The molecule has 0 aliphatic heterocycles. The molecule has 0 radical (unpaired) electrons. The number of hydrogen-bond acceptors (Lipinski definition) is 8. The minimum absolute atomic E-state index is 0.0278. The van der Waals surface area contributed by atoms with Gasteiger partial charge in [-0.2, -0.15) is 0 Å². The number of unbranched alkanes of at least 4 members (excludes halogenated alkanes) is 1. The van der Waals surface area contributed by atoms with Gasteiger partial charge in [0.05, 0.1) is 37.2 Å². The first-order valence-electron chi connectivity index (χ1n) is 8.41. The maximum atomic E-state index is 10.9. The first kappa shape index (κ1) is 25.2. The van der Waals surface area contributed by atoms with Crippen LogP contribution in [0.15, 0.2) is 38.3 Å². The summed E-state index contributed by atoms with van der Waals surface area (Å²) in [5.74, 6) is -1.74. The number of ether oxygens (including phenoxy) is 1. The van der Waals surface area contributed by atoms with E-state index in [9.17, 15) is 19.2 Å². The minimum Gasteiger partial charge on any atom is -0.481 e. The van der Waals surface area contributed by atoms with E-state index in [1.807, 2.05) is 0 Å². The zero-order valence-corrected chi connectivity index (χ0v) is 15.2. The summed E-state index contributed by atoms with van der Waals surface area (Å²) in [4.78, 5) is 41.6. The van der Waals surface area contributed by atoms with E-state index in [1.165, 1.54) is 0 Å². The van der Waals surface area contributed by atoms with Crippen molar-refractivity contribution in [1.29, 1.82) is 0 Å². The number of aliphatic hydroxyl groups excluding tert-OH is 2. The Morgan fingerprint density at radius 3 is 1.43 bits per heavy atom. The maximum absolute atomic E-state index is 10.9. The first-order chi connectivity index (χ1) is 13.3. The summed E-state index contributed by atoms with van der Waals surface area (Å²) in [6.45, 7) is 0.696. The Hall–Kier alpha value is -2.82. The molecule has 1 aromatic carbocycles. The summed E-state index contributed by atoms with van der Waals surface area (Å²) in [6, 6.07) is 6.29. The standard InChI is InChI=1S/C8H4O3.C6H10O4.C4H10O3/c9-7-5-1-2-6(4-3-5)8(10)11-7;7-5(8)3-1-2-4-6(9)10;5-1-3-7-4-2-6/h1-4H;1-4H2,(H,7,8)(H,9,10);5-6H,1-4H2. The molecule has 0 aliphatic rings. The van der Waals surface area contributed by atoms with Crippen molar-refractivity contribution in [2.75, 3.05) is 26.4 Å². The number of rotatable bonds is 9. The summed E-state index contributed by atoms with van der Waals surface area (Å²) < 4.78 is 9.05. The van der Waals surface area contributed by atoms with Crippen LogP contribution in [0.5, 0.6) is 0 Å². The summed E-state index contributed by atoms with van der Waals surface area (Å²) in [6.07, 6.45) is 1.02. The molecule has 3 aromatic rings. The lowest BCUT2D eigenvalue weighted by atomic mass is 10.2. The lowest BCUT2D eigenvalue weighted by Crippen LogP contribution is -2.03. The number of carboxylic acids is 2. The van der Waals surface area contributed by atoms with Gasteiger partial charge in [0.15, 0.2) is 0 Å². The highest BCUT2D eigenvalue weighted by molar-refractivity contribution is 5.68. The predicted octanol–water partition coefficient (Wildman–Crippen LogP) is 0.295. The van der Waals surface area contributed by atoms with Gasteiger partial charge >= 0.3 is 23.2 Å². The number of carboxylic acid groups (broad SMARTS) is 2. The molecular formula is C18H24O10. The molecule has 2 aromatic heterocycles. The number of aliphatic hydroxyl groups is 2. The van der Waals surface area contributed by atoms with Crippen molar-refractivity contribution in [3.05, 3.63) is 45.1 Å². The third-order valence-electron chi connectivity index (χ3n) is 3.04. The van der Waals surface area contributed by atoms with Crippen LogP contribution >= 0.6 is 0 Å². The fourth-order valence-corrected chi connectivity index (χ4v) is 1.73. The largest absolute Gasteiger partial charge is 0.481 e. The molecule has 2 heterocycles. The van der Waals surface area contributed by atoms with Crippen LogP contribution in [0.2, 0.25) is 0 Å². The second-order valence-corrected chi connectivity index (χ2v) is 5.31. The van der Waals surface area contributed by atoms with E-state index in [-0.39, 0.29) is 26.1 Å². The Kier molecular flexibility index (Phi) is 13.7. The van der Waals surface area contributed by atoms with Crippen LogP contribution in [0.4, 0.5) is 0 Å². The van der Waals surface area contributed by atoms with Crippen molar-refractivity contribution < 1.29 is 39.2 Å². The SMILES string of the molecule is O=C(O)CCCCC(=O)O.O=c1oc(=O)c2ccc1cc2.OCCOCCO. The van der Waals surface area contributed by atoms with Crippen LogP contribution in [0.25, 0.3) is 10.8 Å². The van der Waals surface area contributed by atoms with E-state index in [1.54, 1.807) is 24.3 Å². The molecule has 0 amide bonds. The Bertz CT molecular complexity index is 714. The third-order valence-corrected chi connectivity index (χ3v) is 3.04. The van der Waals surface area contributed by atoms with Crippen LogP contribution in [0, 0.1) is 0 Å². The van der Waals surface area contributed by atoms with Crippen molar-refractivity contribution >= 4 is 22.7 Å². The van der Waals surface area contributed by atoms with Gasteiger partial charge in [0.2, 0.25) is 0 Å². The highest BCUT2D eigenvalue weighted by atomic mass is 16.5. The van der Waals surface area contributed by atoms with E-state index in [2.05, 4.69) is 9.15 Å². The molecule has 0 fully saturated rings. The van der Waals surface area contributed by atoms with Crippen LogP contribution < -0.4 is 11.3 Å². The Morgan fingerprint density at radius 2 is 1.14 bits per heavy atom. The molecule has 0 saturated heterocycles. The average molecular weight is 400 g/mol. The molecule has 4 N–H and O–H groups in total. The van der Waals surface area contributed by atoms with Gasteiger partial charge in [-0.3, -0.25) is 9.59 Å². The molecule has 10 heteroatoms. The van der Waals surface area contributed by atoms with E-state index in [4.69, 9.17) is 20.4 Å².